The number of Topliss-reactive ketones (excluding diaryl/α,β-unsaturated/α-hetero) is 1. The molecule has 0 aromatic heterocycles. The zero-order valence-electron chi connectivity index (χ0n) is 7.25. The molecule has 1 unspecified atom stereocenters. The summed E-state index contributed by atoms with van der Waals surface area (Å²) in [7, 11) is 0. The largest absolute Gasteiger partial charge is 0.321 e. The lowest BCUT2D eigenvalue weighted by Crippen LogP contribution is -2.26. The van der Waals surface area contributed by atoms with Crippen LogP contribution in [0.1, 0.15) is 32.6 Å². The zero-order valence-corrected chi connectivity index (χ0v) is 8.14. The molecule has 0 saturated carbocycles. The van der Waals surface area contributed by atoms with Crippen molar-refractivity contribution in [3.63, 3.8) is 0 Å². The van der Waals surface area contributed by atoms with Crippen LogP contribution in [0.3, 0.4) is 0 Å². The van der Waals surface area contributed by atoms with Gasteiger partial charge in [-0.3, -0.25) is 4.79 Å². The summed E-state index contributed by atoms with van der Waals surface area (Å²) in [5, 5.41) is -0.280. The molecule has 0 aliphatic carbocycles. The van der Waals surface area contributed by atoms with Crippen LogP contribution >= 0.6 is 12.6 Å². The molecule has 0 aliphatic heterocycles. The summed E-state index contributed by atoms with van der Waals surface area (Å²) >= 11 is 3.60. The third kappa shape index (κ3) is 6.37. The predicted molar refractivity (Wildman–Crippen MR) is 51.1 cm³/mol. The molecule has 0 bridgehead atoms. The highest BCUT2D eigenvalue weighted by atomic mass is 32.1. The highest BCUT2D eigenvalue weighted by Gasteiger charge is 2.07. The van der Waals surface area contributed by atoms with Crippen molar-refractivity contribution >= 4 is 23.5 Å². The molecule has 0 spiro atoms. The molecule has 70 valence electrons. The summed E-state index contributed by atoms with van der Waals surface area (Å²) in [5.41, 5.74) is 5.42. The van der Waals surface area contributed by atoms with Crippen LogP contribution in [0.4, 0.5) is 0 Å². The van der Waals surface area contributed by atoms with Crippen molar-refractivity contribution in [3.8, 4) is 0 Å². The van der Waals surface area contributed by atoms with Gasteiger partial charge in [-0.05, 0) is 19.8 Å². The Balaban J connectivity index is 3.31. The van der Waals surface area contributed by atoms with Gasteiger partial charge in [0.25, 0.3) is 0 Å². The molecule has 0 aromatic rings. The molecule has 4 heteroatoms. The summed E-state index contributed by atoms with van der Waals surface area (Å²) < 4.78 is 0. The number of thiol groups is 1. The van der Waals surface area contributed by atoms with Crippen molar-refractivity contribution in [2.45, 2.75) is 38.6 Å². The molecule has 3 nitrogen and oxygen atoms in total. The maximum absolute atomic E-state index is 10.5. The van der Waals surface area contributed by atoms with Gasteiger partial charge in [0.05, 0.1) is 6.04 Å². The fourth-order valence-corrected chi connectivity index (χ4v) is 0.991. The molecule has 0 aliphatic rings. The Morgan fingerprint density at radius 2 is 2.00 bits per heavy atom. The molecule has 12 heavy (non-hydrogen) atoms. The number of carbonyl (C=O) groups is 2. The molecular formula is C8H15NO2S. The van der Waals surface area contributed by atoms with Crippen LogP contribution in [-0.2, 0) is 9.59 Å². The Labute approximate surface area is 78.1 Å². The minimum Gasteiger partial charge on any atom is -0.321 e. The van der Waals surface area contributed by atoms with E-state index in [-0.39, 0.29) is 10.9 Å². The van der Waals surface area contributed by atoms with E-state index in [1.54, 1.807) is 6.92 Å². The Kier molecular flexibility index (Phi) is 6.02. The predicted octanol–water partition coefficient (Wildman–Crippen LogP) is 0.919. The molecule has 2 N–H and O–H groups in total. The van der Waals surface area contributed by atoms with Gasteiger partial charge < -0.3 is 10.5 Å². The van der Waals surface area contributed by atoms with Gasteiger partial charge in [0.1, 0.15) is 5.78 Å². The van der Waals surface area contributed by atoms with Crippen LogP contribution in [0, 0.1) is 0 Å². The maximum atomic E-state index is 10.5. The summed E-state index contributed by atoms with van der Waals surface area (Å²) in [5.74, 6) is 0.181. The Morgan fingerprint density at radius 3 is 2.42 bits per heavy atom. The first-order valence-corrected chi connectivity index (χ1v) is 4.46. The monoisotopic (exact) mass is 189 g/mol. The lowest BCUT2D eigenvalue weighted by atomic mass is 10.1. The first-order valence-electron chi connectivity index (χ1n) is 4.02. The maximum Gasteiger partial charge on any atom is 0.202 e. The molecule has 0 heterocycles. The van der Waals surface area contributed by atoms with Crippen LogP contribution in [0.15, 0.2) is 0 Å². The minimum atomic E-state index is -0.472. The van der Waals surface area contributed by atoms with Crippen LogP contribution < -0.4 is 5.73 Å². The Hall–Kier alpha value is -0.350. The average molecular weight is 189 g/mol. The van der Waals surface area contributed by atoms with Crippen LogP contribution in [0.5, 0.6) is 0 Å². The molecule has 0 rings (SSSR count). The number of carbonyl (C=O) groups excluding carboxylic acids is 2. The van der Waals surface area contributed by atoms with Crippen LogP contribution in [0.2, 0.25) is 0 Å². The summed E-state index contributed by atoms with van der Waals surface area (Å²) in [6, 6.07) is -0.472. The standard InChI is InChI=1S/C8H15NO2S/c1-6(10)4-2-3-5-7(9)8(11)12/h7H,2-5,9H2,1H3,(H,11,12). The number of nitrogens with two attached hydrogens (primary N) is 1. The zero-order chi connectivity index (χ0) is 9.56. The van der Waals surface area contributed by atoms with Gasteiger partial charge in [-0.1, -0.05) is 6.42 Å². The molecule has 0 amide bonds. The smallest absolute Gasteiger partial charge is 0.202 e. The van der Waals surface area contributed by atoms with E-state index < -0.39 is 6.04 Å². The van der Waals surface area contributed by atoms with Gasteiger partial charge in [-0.15, -0.1) is 12.6 Å². The molecule has 0 fully saturated rings. The molecular weight excluding hydrogens is 174 g/mol. The SMILES string of the molecule is CC(=O)CCCCC(N)C(=O)S. The molecule has 1 atom stereocenters. The van der Waals surface area contributed by atoms with E-state index >= 15 is 0 Å². The van der Waals surface area contributed by atoms with Gasteiger partial charge in [-0.25, -0.2) is 0 Å². The number of ketones is 1. The van der Waals surface area contributed by atoms with Gasteiger partial charge in [0.2, 0.25) is 5.12 Å². The van der Waals surface area contributed by atoms with Crippen molar-refractivity contribution in [2.24, 2.45) is 5.73 Å². The second-order valence-corrected chi connectivity index (χ2v) is 3.33. The number of unbranched alkanes of at least 4 members (excludes halogenated alkanes) is 1. The lowest BCUT2D eigenvalue weighted by Gasteiger charge is -2.04. The van der Waals surface area contributed by atoms with Gasteiger partial charge >= 0.3 is 0 Å². The van der Waals surface area contributed by atoms with Gasteiger partial charge in [-0.2, -0.15) is 0 Å². The Bertz CT molecular complexity index is 170. The normalized spacial score (nSPS) is 12.6. The quantitative estimate of drug-likeness (QED) is 0.482. The summed E-state index contributed by atoms with van der Waals surface area (Å²) in [6.45, 7) is 1.56. The number of rotatable bonds is 6. The fraction of sp³-hybridized carbons (Fsp3) is 0.750. The van der Waals surface area contributed by atoms with Gasteiger partial charge in [0, 0.05) is 6.42 Å². The van der Waals surface area contributed by atoms with E-state index in [0.29, 0.717) is 12.8 Å². The summed E-state index contributed by atoms with van der Waals surface area (Å²) in [4.78, 5) is 21.1. The number of hydrogen-bond donors (Lipinski definition) is 2. The number of hydrogen-bond acceptors (Lipinski definition) is 3. The van der Waals surface area contributed by atoms with Crippen molar-refractivity contribution in [1.29, 1.82) is 0 Å². The minimum absolute atomic E-state index is 0.181. The van der Waals surface area contributed by atoms with Crippen LogP contribution in [-0.4, -0.2) is 16.9 Å². The van der Waals surface area contributed by atoms with Crippen molar-refractivity contribution in [1.82, 2.24) is 0 Å². The fourth-order valence-electron chi connectivity index (χ4n) is 0.862. The van der Waals surface area contributed by atoms with Gasteiger partial charge in [0.15, 0.2) is 0 Å². The van der Waals surface area contributed by atoms with Crippen molar-refractivity contribution < 1.29 is 9.59 Å². The third-order valence-corrected chi connectivity index (χ3v) is 1.94. The molecule has 0 saturated heterocycles. The molecule has 0 aromatic carbocycles. The topological polar surface area (TPSA) is 60.2 Å². The average Bonchev–Trinajstić information content (AvgIpc) is 1.97. The van der Waals surface area contributed by atoms with Crippen LogP contribution in [0.25, 0.3) is 0 Å². The third-order valence-electron chi connectivity index (χ3n) is 1.61. The first kappa shape index (κ1) is 11.6. The Morgan fingerprint density at radius 1 is 1.42 bits per heavy atom. The second-order valence-electron chi connectivity index (χ2n) is 2.89. The van der Waals surface area contributed by atoms with E-state index in [9.17, 15) is 9.59 Å². The lowest BCUT2D eigenvalue weighted by molar-refractivity contribution is -0.117. The highest BCUT2D eigenvalue weighted by molar-refractivity contribution is 7.96. The van der Waals surface area contributed by atoms with E-state index in [0.717, 1.165) is 12.8 Å². The highest BCUT2D eigenvalue weighted by Crippen LogP contribution is 2.04. The second kappa shape index (κ2) is 6.20. The van der Waals surface area contributed by atoms with E-state index in [4.69, 9.17) is 5.73 Å². The van der Waals surface area contributed by atoms with Crippen molar-refractivity contribution in [2.75, 3.05) is 0 Å². The van der Waals surface area contributed by atoms with E-state index in [1.807, 2.05) is 0 Å². The summed E-state index contributed by atoms with van der Waals surface area (Å²) in [6.07, 6.45) is 2.82. The van der Waals surface area contributed by atoms with Crippen molar-refractivity contribution in [3.05, 3.63) is 0 Å². The van der Waals surface area contributed by atoms with E-state index in [1.165, 1.54) is 0 Å². The van der Waals surface area contributed by atoms with E-state index in [2.05, 4.69) is 12.6 Å². The first-order chi connectivity index (χ1) is 5.54. The molecule has 0 radical (unpaired) electrons.